The number of amides is 1. The minimum Gasteiger partial charge on any atom is -0.348 e. The first-order valence-corrected chi connectivity index (χ1v) is 13.0. The van der Waals surface area contributed by atoms with Crippen molar-refractivity contribution < 1.29 is 4.79 Å². The van der Waals surface area contributed by atoms with E-state index in [-0.39, 0.29) is 5.91 Å². The van der Waals surface area contributed by atoms with Crippen molar-refractivity contribution in [2.75, 3.05) is 0 Å². The van der Waals surface area contributed by atoms with Crippen LogP contribution >= 0.6 is 0 Å². The van der Waals surface area contributed by atoms with Gasteiger partial charge in [0, 0.05) is 40.8 Å². The fraction of sp³-hybridized carbons (Fsp3) is 0.121. The summed E-state index contributed by atoms with van der Waals surface area (Å²) in [6.07, 6.45) is 5.13. The topological polar surface area (TPSA) is 107 Å². The molecule has 40 heavy (non-hydrogen) atoms. The van der Waals surface area contributed by atoms with Crippen LogP contribution in [-0.4, -0.2) is 26.1 Å². The van der Waals surface area contributed by atoms with Crippen LogP contribution in [0.3, 0.4) is 0 Å². The van der Waals surface area contributed by atoms with Crippen LogP contribution in [-0.2, 0) is 12.0 Å². The maximum atomic E-state index is 12.9. The van der Waals surface area contributed by atoms with E-state index in [9.17, 15) is 10.1 Å². The summed E-state index contributed by atoms with van der Waals surface area (Å²) in [4.78, 5) is 21.8. The number of nitrogens with one attached hydrogen (secondary N) is 2. The van der Waals surface area contributed by atoms with Gasteiger partial charge in [0.15, 0.2) is 0 Å². The average molecular weight is 523 g/mol. The Morgan fingerprint density at radius 3 is 2.48 bits per heavy atom. The third-order valence-electron chi connectivity index (χ3n) is 7.18. The molecule has 7 nitrogen and oxygen atoms in total. The molecule has 3 aromatic carbocycles. The van der Waals surface area contributed by atoms with E-state index in [4.69, 9.17) is 0 Å². The van der Waals surface area contributed by atoms with Crippen molar-refractivity contribution in [1.29, 1.82) is 5.26 Å². The summed E-state index contributed by atoms with van der Waals surface area (Å²) in [5.74, 6) is -0.178. The van der Waals surface area contributed by atoms with Crippen LogP contribution in [0.5, 0.6) is 0 Å². The van der Waals surface area contributed by atoms with Gasteiger partial charge in [-0.05, 0) is 48.7 Å². The van der Waals surface area contributed by atoms with E-state index in [1.54, 1.807) is 18.6 Å². The molecule has 0 unspecified atom stereocenters. The van der Waals surface area contributed by atoms with E-state index >= 15 is 0 Å². The molecule has 3 aromatic heterocycles. The zero-order valence-corrected chi connectivity index (χ0v) is 22.1. The lowest BCUT2D eigenvalue weighted by atomic mass is 9.86. The largest absolute Gasteiger partial charge is 0.348 e. The van der Waals surface area contributed by atoms with Crippen molar-refractivity contribution >= 4 is 27.7 Å². The van der Waals surface area contributed by atoms with Gasteiger partial charge in [0.25, 0.3) is 5.91 Å². The summed E-state index contributed by atoms with van der Waals surface area (Å²) in [6, 6.07) is 28.0. The fourth-order valence-corrected chi connectivity index (χ4v) is 4.80. The predicted molar refractivity (Wildman–Crippen MR) is 156 cm³/mol. The first kappa shape index (κ1) is 25.0. The van der Waals surface area contributed by atoms with Crippen LogP contribution in [0.2, 0.25) is 0 Å². The molecule has 0 aliphatic carbocycles. The van der Waals surface area contributed by atoms with Gasteiger partial charge in [-0.1, -0.05) is 60.7 Å². The quantitative estimate of drug-likeness (QED) is 0.257. The monoisotopic (exact) mass is 522 g/mol. The second-order valence-corrected chi connectivity index (χ2v) is 10.3. The van der Waals surface area contributed by atoms with Crippen LogP contribution in [0.15, 0.2) is 97.5 Å². The van der Waals surface area contributed by atoms with Gasteiger partial charge in [-0.2, -0.15) is 10.4 Å². The Labute approximate surface area is 231 Å². The Bertz CT molecular complexity index is 1900. The smallest absolute Gasteiger partial charge is 0.253 e. The van der Waals surface area contributed by atoms with Gasteiger partial charge in [0.2, 0.25) is 0 Å². The Hall–Kier alpha value is -5.35. The van der Waals surface area contributed by atoms with Crippen molar-refractivity contribution in [2.45, 2.75) is 25.8 Å². The lowest BCUT2D eigenvalue weighted by Crippen LogP contribution is -2.22. The summed E-state index contributed by atoms with van der Waals surface area (Å²) in [5.41, 5.74) is 7.09. The molecule has 0 atom stereocenters. The summed E-state index contributed by atoms with van der Waals surface area (Å²) >= 11 is 0. The van der Waals surface area contributed by atoms with Crippen molar-refractivity contribution in [2.24, 2.45) is 0 Å². The molecule has 194 valence electrons. The second kappa shape index (κ2) is 10.1. The van der Waals surface area contributed by atoms with E-state index < -0.39 is 5.41 Å². The third-order valence-corrected chi connectivity index (χ3v) is 7.18. The number of carbonyl (C=O) groups is 1. The number of pyridine rings is 2. The number of benzene rings is 3. The van der Waals surface area contributed by atoms with Gasteiger partial charge in [-0.3, -0.25) is 19.9 Å². The number of aromatic amines is 1. The lowest BCUT2D eigenvalue weighted by Gasteiger charge is -2.15. The number of aromatic nitrogens is 4. The molecular weight excluding hydrogens is 496 g/mol. The van der Waals surface area contributed by atoms with Gasteiger partial charge in [-0.15, -0.1) is 0 Å². The van der Waals surface area contributed by atoms with Crippen molar-refractivity contribution in [3.05, 3.63) is 114 Å². The Balaban J connectivity index is 1.36. The highest BCUT2D eigenvalue weighted by molar-refractivity contribution is 6.11. The summed E-state index contributed by atoms with van der Waals surface area (Å²) in [7, 11) is 0. The Morgan fingerprint density at radius 1 is 0.925 bits per heavy atom. The molecule has 0 aliphatic heterocycles. The van der Waals surface area contributed by atoms with Crippen LogP contribution in [0, 0.1) is 11.3 Å². The van der Waals surface area contributed by atoms with Crippen molar-refractivity contribution in [1.82, 2.24) is 25.5 Å². The van der Waals surface area contributed by atoms with Gasteiger partial charge >= 0.3 is 0 Å². The van der Waals surface area contributed by atoms with Crippen molar-refractivity contribution in [3.63, 3.8) is 0 Å². The van der Waals surface area contributed by atoms with Crippen LogP contribution in [0.4, 0.5) is 0 Å². The molecule has 0 radical (unpaired) electrons. The number of hydrogen-bond acceptors (Lipinski definition) is 5. The Morgan fingerprint density at radius 2 is 1.70 bits per heavy atom. The summed E-state index contributed by atoms with van der Waals surface area (Å²) in [6.45, 7) is 4.26. The van der Waals surface area contributed by atoms with Crippen LogP contribution in [0.1, 0.15) is 35.3 Å². The maximum absolute atomic E-state index is 12.9. The number of nitrogens with zero attached hydrogens (tertiary/aromatic N) is 4. The van der Waals surface area contributed by atoms with Gasteiger partial charge < -0.3 is 5.32 Å². The van der Waals surface area contributed by atoms with Gasteiger partial charge in [-0.25, -0.2) is 0 Å². The Kier molecular flexibility index (Phi) is 6.29. The first-order chi connectivity index (χ1) is 19.4. The van der Waals surface area contributed by atoms with E-state index in [0.29, 0.717) is 12.1 Å². The molecule has 6 rings (SSSR count). The van der Waals surface area contributed by atoms with E-state index in [0.717, 1.165) is 55.3 Å². The molecule has 0 saturated heterocycles. The lowest BCUT2D eigenvalue weighted by molar-refractivity contribution is 0.0950. The predicted octanol–water partition coefficient (Wildman–Crippen LogP) is 6.57. The molecule has 0 fully saturated rings. The van der Waals surface area contributed by atoms with Gasteiger partial charge in [0.05, 0.1) is 34.3 Å². The van der Waals surface area contributed by atoms with E-state index in [1.165, 1.54) is 0 Å². The average Bonchev–Trinajstić information content (AvgIpc) is 3.45. The minimum absolute atomic E-state index is 0.178. The molecule has 2 N–H and O–H groups in total. The standard InChI is InChI=1S/C33H26N6O/c1-33(2,20-34)26-11-8-22(9-12-26)31-30-27-15-23(10-13-28(27)36-19-29(30)38-39-31)24-14-25(18-35-17-24)32(40)37-16-21-6-4-3-5-7-21/h3-15,17-19H,16H2,1-2H3,(H,37,40)(H,38,39). The third kappa shape index (κ3) is 4.67. The summed E-state index contributed by atoms with van der Waals surface area (Å²) < 4.78 is 0. The number of hydrogen-bond donors (Lipinski definition) is 2. The van der Waals surface area contributed by atoms with Crippen molar-refractivity contribution in [3.8, 4) is 28.5 Å². The van der Waals surface area contributed by atoms with Crippen LogP contribution < -0.4 is 5.32 Å². The highest BCUT2D eigenvalue weighted by Gasteiger charge is 2.20. The van der Waals surface area contributed by atoms with E-state index in [1.807, 2.05) is 86.6 Å². The number of fused-ring (bicyclic) bond motifs is 3. The number of nitriles is 1. The SMILES string of the molecule is CC(C)(C#N)c1ccc(-c2n[nH]c3cnc4ccc(-c5cncc(C(=O)NCc6ccccc6)c5)cc4c23)cc1. The maximum Gasteiger partial charge on any atom is 0.253 e. The molecule has 7 heteroatoms. The highest BCUT2D eigenvalue weighted by Crippen LogP contribution is 2.35. The van der Waals surface area contributed by atoms with Crippen LogP contribution in [0.25, 0.3) is 44.2 Å². The molecule has 0 saturated carbocycles. The molecule has 3 heterocycles. The molecule has 6 aromatic rings. The highest BCUT2D eigenvalue weighted by atomic mass is 16.1. The normalized spacial score (nSPS) is 11.4. The number of carbonyl (C=O) groups excluding carboxylic acids is 1. The second-order valence-electron chi connectivity index (χ2n) is 10.3. The minimum atomic E-state index is -0.571. The molecule has 1 amide bonds. The molecule has 0 aliphatic rings. The fourth-order valence-electron chi connectivity index (χ4n) is 4.80. The molecular formula is C33H26N6O. The summed E-state index contributed by atoms with van der Waals surface area (Å²) in [5, 5.41) is 22.1. The first-order valence-electron chi connectivity index (χ1n) is 13.0. The molecule has 0 spiro atoms. The van der Waals surface area contributed by atoms with E-state index in [2.05, 4.69) is 37.6 Å². The van der Waals surface area contributed by atoms with Gasteiger partial charge in [0.1, 0.15) is 5.69 Å². The zero-order valence-electron chi connectivity index (χ0n) is 22.1. The number of rotatable bonds is 6. The molecule has 0 bridgehead atoms. The zero-order chi connectivity index (χ0) is 27.7. The number of H-pyrrole nitrogens is 1.